The van der Waals surface area contributed by atoms with Gasteiger partial charge < -0.3 is 4.42 Å². The van der Waals surface area contributed by atoms with Crippen LogP contribution in [-0.4, -0.2) is 9.97 Å². The molecule has 6 heteroatoms. The van der Waals surface area contributed by atoms with E-state index in [2.05, 4.69) is 9.97 Å². The molecule has 0 atom stereocenters. The molecule has 0 fully saturated rings. The molecular formula is C16H9ClN2O2S. The van der Waals surface area contributed by atoms with Crippen molar-refractivity contribution in [2.75, 3.05) is 0 Å². The van der Waals surface area contributed by atoms with Crippen LogP contribution in [0.3, 0.4) is 0 Å². The van der Waals surface area contributed by atoms with Crippen LogP contribution in [0.4, 0.5) is 0 Å². The number of nitrogens with zero attached hydrogens (tertiary/aromatic N) is 1. The molecule has 2 heterocycles. The number of fused-ring (bicyclic) bond motifs is 1. The second kappa shape index (κ2) is 5.12. The SMILES string of the molecule is O=c1[nH]c2ccc(-c3csc(-c4ccccc4Cl)n3)cc2o1. The Kier molecular flexibility index (Phi) is 3.10. The van der Waals surface area contributed by atoms with Gasteiger partial charge in [-0.2, -0.15) is 0 Å². The minimum Gasteiger partial charge on any atom is -0.408 e. The summed E-state index contributed by atoms with van der Waals surface area (Å²) in [5, 5.41) is 3.50. The van der Waals surface area contributed by atoms with Gasteiger partial charge in [0.2, 0.25) is 0 Å². The fourth-order valence-electron chi connectivity index (χ4n) is 2.27. The standard InChI is InChI=1S/C16H9ClN2O2S/c17-11-4-2-1-3-10(11)15-18-13(8-22-15)9-5-6-12-14(7-9)21-16(20)19-12/h1-8H,(H,19,20). The number of hydrogen-bond donors (Lipinski definition) is 1. The first-order valence-electron chi connectivity index (χ1n) is 6.54. The molecule has 0 aliphatic heterocycles. The summed E-state index contributed by atoms with van der Waals surface area (Å²) in [5.74, 6) is -0.456. The third-order valence-corrected chi connectivity index (χ3v) is 4.53. The number of H-pyrrole nitrogens is 1. The zero-order valence-corrected chi connectivity index (χ0v) is 12.7. The van der Waals surface area contributed by atoms with Crippen molar-refractivity contribution in [3.63, 3.8) is 0 Å². The van der Waals surface area contributed by atoms with Gasteiger partial charge >= 0.3 is 5.76 Å². The van der Waals surface area contributed by atoms with E-state index < -0.39 is 5.76 Å². The van der Waals surface area contributed by atoms with Gasteiger partial charge in [-0.05, 0) is 18.2 Å². The van der Waals surface area contributed by atoms with Crippen LogP contribution in [-0.2, 0) is 0 Å². The Morgan fingerprint density at radius 3 is 2.91 bits per heavy atom. The van der Waals surface area contributed by atoms with E-state index in [1.807, 2.05) is 41.8 Å². The van der Waals surface area contributed by atoms with Crippen LogP contribution < -0.4 is 5.76 Å². The van der Waals surface area contributed by atoms with Gasteiger partial charge in [-0.1, -0.05) is 35.9 Å². The summed E-state index contributed by atoms with van der Waals surface area (Å²) in [7, 11) is 0. The number of hydrogen-bond acceptors (Lipinski definition) is 4. The normalized spacial score (nSPS) is 11.1. The van der Waals surface area contributed by atoms with Crippen LogP contribution in [0.1, 0.15) is 0 Å². The molecule has 0 unspecified atom stereocenters. The largest absolute Gasteiger partial charge is 0.417 e. The summed E-state index contributed by atoms with van der Waals surface area (Å²) in [6, 6.07) is 13.1. The molecule has 2 aromatic heterocycles. The Labute approximate surface area is 134 Å². The molecule has 0 radical (unpaired) electrons. The minimum absolute atomic E-state index is 0.456. The second-order valence-electron chi connectivity index (χ2n) is 4.74. The van der Waals surface area contributed by atoms with Gasteiger partial charge in [-0.15, -0.1) is 11.3 Å². The molecular weight excluding hydrogens is 320 g/mol. The van der Waals surface area contributed by atoms with Crippen LogP contribution in [0.2, 0.25) is 5.02 Å². The fraction of sp³-hybridized carbons (Fsp3) is 0. The van der Waals surface area contributed by atoms with Gasteiger partial charge in [-0.3, -0.25) is 4.98 Å². The van der Waals surface area contributed by atoms with Crippen LogP contribution in [0, 0.1) is 0 Å². The van der Waals surface area contributed by atoms with E-state index in [-0.39, 0.29) is 0 Å². The van der Waals surface area contributed by atoms with E-state index >= 15 is 0 Å². The zero-order valence-electron chi connectivity index (χ0n) is 11.2. The predicted octanol–water partition coefficient (Wildman–Crippen LogP) is 4.57. The first-order chi connectivity index (χ1) is 10.7. The van der Waals surface area contributed by atoms with Crippen molar-refractivity contribution >= 4 is 34.0 Å². The third-order valence-electron chi connectivity index (χ3n) is 3.33. The molecule has 4 aromatic rings. The Bertz CT molecular complexity index is 1030. The minimum atomic E-state index is -0.456. The lowest BCUT2D eigenvalue weighted by Crippen LogP contribution is -1.92. The second-order valence-corrected chi connectivity index (χ2v) is 6.01. The van der Waals surface area contributed by atoms with Crippen LogP contribution in [0.25, 0.3) is 32.9 Å². The predicted molar refractivity (Wildman–Crippen MR) is 88.4 cm³/mol. The highest BCUT2D eigenvalue weighted by Crippen LogP contribution is 2.33. The molecule has 0 spiro atoms. The number of rotatable bonds is 2. The van der Waals surface area contributed by atoms with E-state index in [1.165, 1.54) is 11.3 Å². The highest BCUT2D eigenvalue weighted by Gasteiger charge is 2.10. The van der Waals surface area contributed by atoms with Gasteiger partial charge in [0.25, 0.3) is 0 Å². The summed E-state index contributed by atoms with van der Waals surface area (Å²) in [5.41, 5.74) is 3.83. The molecule has 22 heavy (non-hydrogen) atoms. The maximum Gasteiger partial charge on any atom is 0.417 e. The average molecular weight is 329 g/mol. The number of benzene rings is 2. The van der Waals surface area contributed by atoms with Gasteiger partial charge in [0, 0.05) is 16.5 Å². The zero-order chi connectivity index (χ0) is 15.1. The Balaban J connectivity index is 1.79. The van der Waals surface area contributed by atoms with Gasteiger partial charge in [-0.25, -0.2) is 9.78 Å². The van der Waals surface area contributed by atoms with E-state index in [0.717, 1.165) is 21.8 Å². The molecule has 0 amide bonds. The van der Waals surface area contributed by atoms with Crippen LogP contribution in [0.15, 0.2) is 57.1 Å². The van der Waals surface area contributed by atoms with Crippen molar-refractivity contribution in [1.82, 2.24) is 9.97 Å². The van der Waals surface area contributed by atoms with E-state index in [4.69, 9.17) is 16.0 Å². The first-order valence-corrected chi connectivity index (χ1v) is 7.80. The molecule has 0 aliphatic rings. The Hall–Kier alpha value is -2.37. The number of aromatic amines is 1. The molecule has 0 aliphatic carbocycles. The molecule has 0 saturated heterocycles. The molecule has 2 aromatic carbocycles. The number of halogens is 1. The van der Waals surface area contributed by atoms with Gasteiger partial charge in [0.05, 0.1) is 16.2 Å². The van der Waals surface area contributed by atoms with Crippen molar-refractivity contribution in [3.8, 4) is 21.8 Å². The lowest BCUT2D eigenvalue weighted by atomic mass is 10.1. The summed E-state index contributed by atoms with van der Waals surface area (Å²) in [6.45, 7) is 0. The van der Waals surface area contributed by atoms with Crippen molar-refractivity contribution in [3.05, 3.63) is 63.4 Å². The number of oxazole rings is 1. The third kappa shape index (κ3) is 2.24. The molecule has 4 rings (SSSR count). The highest BCUT2D eigenvalue weighted by atomic mass is 35.5. The molecule has 0 bridgehead atoms. The lowest BCUT2D eigenvalue weighted by molar-refractivity contribution is 0.555. The maximum absolute atomic E-state index is 11.2. The summed E-state index contributed by atoms with van der Waals surface area (Å²) >= 11 is 7.73. The van der Waals surface area contributed by atoms with Gasteiger partial charge in [0.1, 0.15) is 5.01 Å². The van der Waals surface area contributed by atoms with Crippen molar-refractivity contribution in [2.45, 2.75) is 0 Å². The first kappa shape index (κ1) is 13.3. The van der Waals surface area contributed by atoms with Crippen molar-refractivity contribution < 1.29 is 4.42 Å². The Morgan fingerprint density at radius 1 is 1.18 bits per heavy atom. The smallest absolute Gasteiger partial charge is 0.408 e. The summed E-state index contributed by atoms with van der Waals surface area (Å²) in [4.78, 5) is 18.5. The van der Waals surface area contributed by atoms with E-state index in [1.54, 1.807) is 6.07 Å². The topological polar surface area (TPSA) is 58.9 Å². The van der Waals surface area contributed by atoms with Crippen molar-refractivity contribution in [1.29, 1.82) is 0 Å². The Morgan fingerprint density at radius 2 is 2.05 bits per heavy atom. The lowest BCUT2D eigenvalue weighted by Gasteiger charge is -1.99. The highest BCUT2D eigenvalue weighted by molar-refractivity contribution is 7.13. The molecule has 1 N–H and O–H groups in total. The summed E-state index contributed by atoms with van der Waals surface area (Å²) < 4.78 is 5.08. The van der Waals surface area contributed by atoms with Crippen molar-refractivity contribution in [2.24, 2.45) is 0 Å². The number of aromatic nitrogens is 2. The number of nitrogens with one attached hydrogen (secondary N) is 1. The molecule has 108 valence electrons. The van der Waals surface area contributed by atoms with E-state index in [9.17, 15) is 4.79 Å². The van der Waals surface area contributed by atoms with Gasteiger partial charge in [0.15, 0.2) is 5.58 Å². The fourth-order valence-corrected chi connectivity index (χ4v) is 3.42. The van der Waals surface area contributed by atoms with E-state index in [0.29, 0.717) is 16.1 Å². The summed E-state index contributed by atoms with van der Waals surface area (Å²) in [6.07, 6.45) is 0. The van der Waals surface area contributed by atoms with Crippen LogP contribution >= 0.6 is 22.9 Å². The van der Waals surface area contributed by atoms with Crippen LogP contribution in [0.5, 0.6) is 0 Å². The maximum atomic E-state index is 11.2. The molecule has 0 saturated carbocycles. The quantitative estimate of drug-likeness (QED) is 0.586. The average Bonchev–Trinajstić information content (AvgIpc) is 3.12. The molecule has 4 nitrogen and oxygen atoms in total. The number of thiazole rings is 1. The monoisotopic (exact) mass is 328 g/mol.